The van der Waals surface area contributed by atoms with E-state index in [0.717, 1.165) is 23.4 Å². The van der Waals surface area contributed by atoms with Crippen molar-refractivity contribution in [1.82, 2.24) is 20.2 Å². The number of rotatable bonds is 6. The summed E-state index contributed by atoms with van der Waals surface area (Å²) in [5, 5.41) is 12.1. The summed E-state index contributed by atoms with van der Waals surface area (Å²) in [5.74, 6) is 0.759. The molecule has 5 nitrogen and oxygen atoms in total. The zero-order valence-electron chi connectivity index (χ0n) is 12.5. The van der Waals surface area contributed by atoms with Gasteiger partial charge in [-0.25, -0.2) is 4.68 Å². The molecule has 1 unspecified atom stereocenters. The lowest BCUT2D eigenvalue weighted by Gasteiger charge is -2.14. The second-order valence-electron chi connectivity index (χ2n) is 5.38. The monoisotopic (exact) mass is 273 g/mol. The van der Waals surface area contributed by atoms with Crippen molar-refractivity contribution in [2.24, 2.45) is 0 Å². The highest BCUT2D eigenvalue weighted by molar-refractivity contribution is 5.72. The van der Waals surface area contributed by atoms with Crippen LogP contribution in [0.5, 0.6) is 0 Å². The molecule has 1 aromatic carbocycles. The van der Waals surface area contributed by atoms with Crippen molar-refractivity contribution in [2.75, 3.05) is 5.73 Å². The van der Waals surface area contributed by atoms with E-state index in [4.69, 9.17) is 5.73 Å². The van der Waals surface area contributed by atoms with E-state index < -0.39 is 0 Å². The summed E-state index contributed by atoms with van der Waals surface area (Å²) < 4.78 is 1.89. The second-order valence-corrected chi connectivity index (χ2v) is 5.38. The van der Waals surface area contributed by atoms with Gasteiger partial charge in [-0.3, -0.25) is 0 Å². The van der Waals surface area contributed by atoms with Crippen LogP contribution in [-0.4, -0.2) is 20.2 Å². The van der Waals surface area contributed by atoms with E-state index >= 15 is 0 Å². The van der Waals surface area contributed by atoms with Gasteiger partial charge in [0, 0.05) is 11.3 Å². The number of anilines is 1. The lowest BCUT2D eigenvalue weighted by atomic mass is 10.1. The Balaban J connectivity index is 2.26. The molecule has 2 N–H and O–H groups in total. The molecule has 0 aliphatic heterocycles. The third-order valence-corrected chi connectivity index (χ3v) is 3.59. The minimum absolute atomic E-state index is 0.284. The van der Waals surface area contributed by atoms with E-state index in [2.05, 4.69) is 29.4 Å². The van der Waals surface area contributed by atoms with E-state index in [1.54, 1.807) is 0 Å². The fourth-order valence-electron chi connectivity index (χ4n) is 2.34. The third-order valence-electron chi connectivity index (χ3n) is 3.59. The van der Waals surface area contributed by atoms with Gasteiger partial charge in [-0.05, 0) is 42.8 Å². The van der Waals surface area contributed by atoms with Crippen molar-refractivity contribution in [3.8, 4) is 11.4 Å². The molecule has 0 amide bonds. The number of nitrogens with zero attached hydrogens (tertiary/aromatic N) is 4. The average molecular weight is 273 g/mol. The molecule has 0 aliphatic rings. The number of aromatic nitrogens is 4. The van der Waals surface area contributed by atoms with Gasteiger partial charge in [-0.15, -0.1) is 5.10 Å². The lowest BCUT2D eigenvalue weighted by Crippen LogP contribution is -2.10. The van der Waals surface area contributed by atoms with Gasteiger partial charge in [-0.2, -0.15) is 0 Å². The van der Waals surface area contributed by atoms with Gasteiger partial charge in [0.05, 0.1) is 6.04 Å². The van der Waals surface area contributed by atoms with Crippen LogP contribution in [0.2, 0.25) is 0 Å². The van der Waals surface area contributed by atoms with Crippen LogP contribution in [0, 0.1) is 6.92 Å². The smallest absolute Gasteiger partial charge is 0.184 e. The molecule has 0 saturated carbocycles. The topological polar surface area (TPSA) is 69.6 Å². The highest BCUT2D eigenvalue weighted by Gasteiger charge is 2.16. The van der Waals surface area contributed by atoms with Crippen molar-refractivity contribution >= 4 is 5.69 Å². The van der Waals surface area contributed by atoms with Crippen molar-refractivity contribution < 1.29 is 0 Å². The molecule has 2 aromatic rings. The number of unbranched alkanes of at least 4 members (excludes halogenated alkanes) is 2. The van der Waals surface area contributed by atoms with E-state index in [-0.39, 0.29) is 6.04 Å². The van der Waals surface area contributed by atoms with Crippen molar-refractivity contribution in [1.29, 1.82) is 0 Å². The molecule has 1 atom stereocenters. The minimum atomic E-state index is 0.284. The molecule has 2 rings (SSSR count). The first-order valence-corrected chi connectivity index (χ1v) is 7.27. The molecular formula is C15H23N5. The molecule has 0 radical (unpaired) electrons. The summed E-state index contributed by atoms with van der Waals surface area (Å²) >= 11 is 0. The number of nitrogen functional groups attached to an aromatic ring is 1. The van der Waals surface area contributed by atoms with Gasteiger partial charge >= 0.3 is 0 Å². The molecular weight excluding hydrogens is 250 g/mol. The Hall–Kier alpha value is -1.91. The summed E-state index contributed by atoms with van der Waals surface area (Å²) in [6.07, 6.45) is 4.74. The van der Waals surface area contributed by atoms with E-state index in [9.17, 15) is 0 Å². The predicted octanol–water partition coefficient (Wildman–Crippen LogP) is 3.37. The summed E-state index contributed by atoms with van der Waals surface area (Å²) in [5.41, 5.74) is 8.85. The molecule has 0 saturated heterocycles. The van der Waals surface area contributed by atoms with Crippen LogP contribution in [0.15, 0.2) is 18.2 Å². The van der Waals surface area contributed by atoms with Crippen LogP contribution in [0.25, 0.3) is 11.4 Å². The second kappa shape index (κ2) is 6.50. The Kier molecular flexibility index (Phi) is 4.71. The number of tetrazole rings is 1. The number of aryl methyl sites for hydroxylation is 1. The van der Waals surface area contributed by atoms with Gasteiger partial charge in [0.25, 0.3) is 0 Å². The summed E-state index contributed by atoms with van der Waals surface area (Å²) in [6.45, 7) is 6.41. The van der Waals surface area contributed by atoms with Gasteiger partial charge in [0.2, 0.25) is 0 Å². The molecule has 1 aromatic heterocycles. The predicted molar refractivity (Wildman–Crippen MR) is 81.3 cm³/mol. The zero-order valence-corrected chi connectivity index (χ0v) is 12.5. The number of hydrogen-bond acceptors (Lipinski definition) is 4. The molecule has 1 heterocycles. The first kappa shape index (κ1) is 14.5. The van der Waals surface area contributed by atoms with E-state index in [1.165, 1.54) is 19.3 Å². The first-order chi connectivity index (χ1) is 9.63. The van der Waals surface area contributed by atoms with E-state index in [1.807, 2.05) is 29.8 Å². The Morgan fingerprint density at radius 3 is 2.85 bits per heavy atom. The molecule has 20 heavy (non-hydrogen) atoms. The van der Waals surface area contributed by atoms with Crippen LogP contribution in [-0.2, 0) is 0 Å². The van der Waals surface area contributed by atoms with Crippen molar-refractivity contribution in [3.63, 3.8) is 0 Å². The summed E-state index contributed by atoms with van der Waals surface area (Å²) in [7, 11) is 0. The molecule has 0 spiro atoms. The quantitative estimate of drug-likeness (QED) is 0.647. The van der Waals surface area contributed by atoms with Gasteiger partial charge in [0.1, 0.15) is 0 Å². The zero-order chi connectivity index (χ0) is 14.5. The van der Waals surface area contributed by atoms with Gasteiger partial charge in [-0.1, -0.05) is 37.8 Å². The van der Waals surface area contributed by atoms with Crippen LogP contribution in [0.1, 0.15) is 51.1 Å². The van der Waals surface area contributed by atoms with Crippen LogP contribution >= 0.6 is 0 Å². The summed E-state index contributed by atoms with van der Waals surface area (Å²) in [4.78, 5) is 0. The Morgan fingerprint density at radius 2 is 2.10 bits per heavy atom. The Labute approximate surface area is 120 Å². The number of hydrogen-bond donors (Lipinski definition) is 1. The Bertz CT molecular complexity index is 561. The van der Waals surface area contributed by atoms with E-state index in [0.29, 0.717) is 5.69 Å². The Morgan fingerprint density at radius 1 is 1.30 bits per heavy atom. The van der Waals surface area contributed by atoms with Gasteiger partial charge < -0.3 is 5.73 Å². The maximum absolute atomic E-state index is 6.06. The molecule has 0 bridgehead atoms. The molecule has 5 heteroatoms. The van der Waals surface area contributed by atoms with Crippen LogP contribution < -0.4 is 5.73 Å². The maximum atomic E-state index is 6.06. The highest BCUT2D eigenvalue weighted by Crippen LogP contribution is 2.27. The van der Waals surface area contributed by atoms with Gasteiger partial charge in [0.15, 0.2) is 5.82 Å². The third kappa shape index (κ3) is 3.15. The fourth-order valence-corrected chi connectivity index (χ4v) is 2.34. The lowest BCUT2D eigenvalue weighted by molar-refractivity contribution is 0.432. The first-order valence-electron chi connectivity index (χ1n) is 7.27. The van der Waals surface area contributed by atoms with Crippen molar-refractivity contribution in [2.45, 2.75) is 52.5 Å². The standard InChI is InChI=1S/C15H23N5/c1-4-5-6-7-12(3)20-15(17-18-19-20)13-10-11(2)8-9-14(13)16/h8-10,12H,4-7,16H2,1-3H3. The van der Waals surface area contributed by atoms with Crippen LogP contribution in [0.4, 0.5) is 5.69 Å². The molecule has 0 aliphatic carbocycles. The maximum Gasteiger partial charge on any atom is 0.184 e. The number of nitrogens with two attached hydrogens (primary N) is 1. The average Bonchev–Trinajstić information content (AvgIpc) is 2.91. The fraction of sp³-hybridized carbons (Fsp3) is 0.533. The normalized spacial score (nSPS) is 12.6. The minimum Gasteiger partial charge on any atom is -0.398 e. The molecule has 0 fully saturated rings. The van der Waals surface area contributed by atoms with Crippen LogP contribution in [0.3, 0.4) is 0 Å². The highest BCUT2D eigenvalue weighted by atomic mass is 15.5. The number of benzene rings is 1. The summed E-state index contributed by atoms with van der Waals surface area (Å²) in [6, 6.07) is 6.23. The SMILES string of the molecule is CCCCCC(C)n1nnnc1-c1cc(C)ccc1N. The molecule has 108 valence electrons. The largest absolute Gasteiger partial charge is 0.398 e. The van der Waals surface area contributed by atoms with Crippen molar-refractivity contribution in [3.05, 3.63) is 23.8 Å².